The molecule has 0 aromatic rings. The molecule has 0 aromatic carbocycles. The summed E-state index contributed by atoms with van der Waals surface area (Å²) in [6, 6.07) is 0. The highest BCUT2D eigenvalue weighted by Crippen LogP contribution is 2.60. The van der Waals surface area contributed by atoms with Crippen molar-refractivity contribution in [3.05, 3.63) is 0 Å². The van der Waals surface area contributed by atoms with Crippen LogP contribution in [0.1, 0.15) is 39.0 Å². The average molecular weight is 179 g/mol. The maximum absolute atomic E-state index is 11.1. The summed E-state index contributed by atoms with van der Waals surface area (Å²) in [7, 11) is 0. The van der Waals surface area contributed by atoms with Crippen LogP contribution < -0.4 is 5.32 Å². The monoisotopic (exact) mass is 179 g/mol. The van der Waals surface area contributed by atoms with Gasteiger partial charge in [-0.1, -0.05) is 0 Å². The Morgan fingerprint density at radius 2 is 1.85 bits per heavy atom. The number of amides is 1. The van der Waals surface area contributed by atoms with E-state index < -0.39 is 0 Å². The van der Waals surface area contributed by atoms with Gasteiger partial charge in [-0.3, -0.25) is 4.79 Å². The Balaban J connectivity index is 1.88. The van der Waals surface area contributed by atoms with Crippen LogP contribution in [0.15, 0.2) is 0 Å². The largest absolute Gasteiger partial charge is 0.351 e. The van der Waals surface area contributed by atoms with Crippen molar-refractivity contribution in [1.82, 2.24) is 5.32 Å². The molecule has 0 heterocycles. The van der Waals surface area contributed by atoms with Crippen molar-refractivity contribution in [2.45, 2.75) is 44.6 Å². The van der Waals surface area contributed by atoms with Gasteiger partial charge in [0.1, 0.15) is 0 Å². The fourth-order valence-corrected chi connectivity index (χ4v) is 4.35. The molecule has 0 radical (unpaired) electrons. The number of rotatable bonds is 1. The van der Waals surface area contributed by atoms with E-state index in [1.54, 1.807) is 6.92 Å². The zero-order valence-corrected chi connectivity index (χ0v) is 8.18. The average Bonchev–Trinajstić information content (AvgIpc) is 2.33. The van der Waals surface area contributed by atoms with Crippen LogP contribution in [-0.2, 0) is 4.79 Å². The molecule has 4 rings (SSSR count). The molecule has 0 aliphatic heterocycles. The van der Waals surface area contributed by atoms with Gasteiger partial charge in [-0.2, -0.15) is 0 Å². The Kier molecular flexibility index (Phi) is 1.38. The van der Waals surface area contributed by atoms with Gasteiger partial charge in [0.25, 0.3) is 0 Å². The summed E-state index contributed by atoms with van der Waals surface area (Å²) in [6.07, 6.45) is 6.76. The van der Waals surface area contributed by atoms with Crippen molar-refractivity contribution in [2.24, 2.45) is 17.8 Å². The predicted molar refractivity (Wildman–Crippen MR) is 50.1 cm³/mol. The summed E-state index contributed by atoms with van der Waals surface area (Å²) in [5.41, 5.74) is 0.249. The molecule has 13 heavy (non-hydrogen) atoms. The molecule has 4 bridgehead atoms. The first kappa shape index (κ1) is 7.84. The summed E-state index contributed by atoms with van der Waals surface area (Å²) < 4.78 is 0. The molecule has 4 aliphatic carbocycles. The molecule has 4 atom stereocenters. The molecule has 0 aromatic heterocycles. The first-order valence-electron chi connectivity index (χ1n) is 5.47. The lowest BCUT2D eigenvalue weighted by Gasteiger charge is -2.33. The van der Waals surface area contributed by atoms with Crippen molar-refractivity contribution in [3.63, 3.8) is 0 Å². The van der Waals surface area contributed by atoms with Gasteiger partial charge in [-0.05, 0) is 49.9 Å². The van der Waals surface area contributed by atoms with Crippen LogP contribution in [0.5, 0.6) is 0 Å². The maximum atomic E-state index is 11.1. The van der Waals surface area contributed by atoms with Crippen LogP contribution in [-0.4, -0.2) is 11.4 Å². The van der Waals surface area contributed by atoms with Gasteiger partial charge in [0.15, 0.2) is 0 Å². The molecule has 4 aliphatic rings. The minimum atomic E-state index is 0.174. The van der Waals surface area contributed by atoms with Crippen molar-refractivity contribution < 1.29 is 4.79 Å². The molecule has 4 saturated carbocycles. The summed E-state index contributed by atoms with van der Waals surface area (Å²) >= 11 is 0. The van der Waals surface area contributed by atoms with Gasteiger partial charge in [0.2, 0.25) is 5.91 Å². The Morgan fingerprint density at radius 1 is 1.23 bits per heavy atom. The van der Waals surface area contributed by atoms with E-state index in [1.807, 2.05) is 0 Å². The lowest BCUT2D eigenvalue weighted by Crippen LogP contribution is -2.48. The second kappa shape index (κ2) is 2.28. The summed E-state index contributed by atoms with van der Waals surface area (Å²) in [4.78, 5) is 11.1. The third-order valence-electron chi connectivity index (χ3n) is 4.41. The lowest BCUT2D eigenvalue weighted by atomic mass is 9.80. The number of carbonyl (C=O) groups is 1. The van der Waals surface area contributed by atoms with E-state index in [1.165, 1.54) is 32.1 Å². The molecule has 2 unspecified atom stereocenters. The topological polar surface area (TPSA) is 29.1 Å². The van der Waals surface area contributed by atoms with Crippen LogP contribution >= 0.6 is 0 Å². The van der Waals surface area contributed by atoms with E-state index in [9.17, 15) is 4.79 Å². The van der Waals surface area contributed by atoms with Crippen LogP contribution in [0.3, 0.4) is 0 Å². The van der Waals surface area contributed by atoms with Gasteiger partial charge in [0.05, 0.1) is 0 Å². The number of carbonyl (C=O) groups excluding carboxylic acids is 1. The molecule has 2 nitrogen and oxygen atoms in total. The molecular formula is C11H17NO. The van der Waals surface area contributed by atoms with Crippen molar-refractivity contribution >= 4 is 5.91 Å². The highest BCUT2D eigenvalue weighted by atomic mass is 16.1. The maximum Gasteiger partial charge on any atom is 0.217 e. The van der Waals surface area contributed by atoms with E-state index in [4.69, 9.17) is 0 Å². The summed E-state index contributed by atoms with van der Waals surface area (Å²) in [5.74, 6) is 2.86. The number of hydrogen-bond donors (Lipinski definition) is 1. The molecule has 2 heteroatoms. The van der Waals surface area contributed by atoms with E-state index in [2.05, 4.69) is 5.32 Å². The molecule has 72 valence electrons. The van der Waals surface area contributed by atoms with Crippen molar-refractivity contribution in [3.8, 4) is 0 Å². The van der Waals surface area contributed by atoms with E-state index in [-0.39, 0.29) is 11.4 Å². The van der Waals surface area contributed by atoms with E-state index in [0.29, 0.717) is 0 Å². The first-order chi connectivity index (χ1) is 6.18. The Bertz CT molecular complexity index is 247. The lowest BCUT2D eigenvalue weighted by molar-refractivity contribution is -0.121. The fraction of sp³-hybridized carbons (Fsp3) is 0.909. The standard InChI is InChI=1S/C11H17NO/c1-7(13)12-11-5-8-2-9(6-11)4-10(11)3-8/h8-10H,2-6H2,1H3,(H,12,13)/t8-,9+,10?,11?. The third kappa shape index (κ3) is 0.976. The molecule has 0 saturated heterocycles. The minimum absolute atomic E-state index is 0.174. The Labute approximate surface area is 79.1 Å². The fourth-order valence-electron chi connectivity index (χ4n) is 4.35. The summed E-state index contributed by atoms with van der Waals surface area (Å²) in [5, 5.41) is 3.24. The first-order valence-corrected chi connectivity index (χ1v) is 5.47. The second-order valence-corrected chi connectivity index (χ2v) is 5.38. The van der Waals surface area contributed by atoms with E-state index in [0.717, 1.165) is 17.8 Å². The molecule has 1 N–H and O–H groups in total. The Hall–Kier alpha value is -0.530. The van der Waals surface area contributed by atoms with Crippen LogP contribution in [0.25, 0.3) is 0 Å². The second-order valence-electron chi connectivity index (χ2n) is 5.38. The van der Waals surface area contributed by atoms with Crippen molar-refractivity contribution in [1.29, 1.82) is 0 Å². The number of nitrogens with one attached hydrogen (secondary N) is 1. The van der Waals surface area contributed by atoms with Gasteiger partial charge in [0, 0.05) is 12.5 Å². The SMILES string of the molecule is CC(=O)NC12C[C@@H]3CC1C[C@@H](C3)C2. The molecule has 0 spiro atoms. The van der Waals surface area contributed by atoms with Crippen LogP contribution in [0.4, 0.5) is 0 Å². The highest BCUT2D eigenvalue weighted by Gasteiger charge is 2.57. The summed E-state index contributed by atoms with van der Waals surface area (Å²) in [6.45, 7) is 1.66. The zero-order valence-electron chi connectivity index (χ0n) is 8.18. The molecular weight excluding hydrogens is 162 g/mol. The quantitative estimate of drug-likeness (QED) is 0.652. The van der Waals surface area contributed by atoms with Gasteiger partial charge in [-0.25, -0.2) is 0 Å². The molecule has 4 fully saturated rings. The Morgan fingerprint density at radius 3 is 2.38 bits per heavy atom. The third-order valence-corrected chi connectivity index (χ3v) is 4.41. The van der Waals surface area contributed by atoms with Crippen LogP contribution in [0.2, 0.25) is 0 Å². The van der Waals surface area contributed by atoms with Crippen LogP contribution in [0, 0.1) is 17.8 Å². The van der Waals surface area contributed by atoms with Gasteiger partial charge < -0.3 is 5.32 Å². The predicted octanol–water partition coefficient (Wildman–Crippen LogP) is 1.70. The van der Waals surface area contributed by atoms with Gasteiger partial charge >= 0.3 is 0 Å². The highest BCUT2D eigenvalue weighted by molar-refractivity contribution is 5.74. The zero-order chi connectivity index (χ0) is 9.05. The van der Waals surface area contributed by atoms with Gasteiger partial charge in [-0.15, -0.1) is 0 Å². The minimum Gasteiger partial charge on any atom is -0.351 e. The smallest absolute Gasteiger partial charge is 0.217 e. The van der Waals surface area contributed by atoms with Crippen molar-refractivity contribution in [2.75, 3.05) is 0 Å². The normalized spacial score (nSPS) is 51.3. The molecule has 1 amide bonds. The number of hydrogen-bond acceptors (Lipinski definition) is 1. The van der Waals surface area contributed by atoms with E-state index >= 15 is 0 Å².